The van der Waals surface area contributed by atoms with Gasteiger partial charge in [-0.15, -0.1) is 12.4 Å². The Balaban J connectivity index is 0.00000192. The maximum absolute atomic E-state index is 13.6. The van der Waals surface area contributed by atoms with Gasteiger partial charge in [0.1, 0.15) is 5.82 Å². The van der Waals surface area contributed by atoms with E-state index in [4.69, 9.17) is 0 Å². The van der Waals surface area contributed by atoms with Crippen LogP contribution >= 0.6 is 28.3 Å². The van der Waals surface area contributed by atoms with Crippen LogP contribution in [0.15, 0.2) is 22.7 Å². The van der Waals surface area contributed by atoms with E-state index in [2.05, 4.69) is 31.0 Å². The fourth-order valence-corrected chi connectivity index (χ4v) is 3.70. The number of hydrogen-bond acceptors (Lipinski definition) is 3. The Morgan fingerprint density at radius 1 is 1.09 bits per heavy atom. The van der Waals surface area contributed by atoms with E-state index >= 15 is 0 Å². The second-order valence-electron chi connectivity index (χ2n) is 6.52. The van der Waals surface area contributed by atoms with Gasteiger partial charge < -0.3 is 10.2 Å². The Labute approximate surface area is 153 Å². The van der Waals surface area contributed by atoms with Crippen molar-refractivity contribution >= 4 is 28.3 Å². The Bertz CT molecular complexity index is 489. The number of piperidine rings is 1. The molecule has 0 aliphatic carbocycles. The number of nitrogens with zero attached hydrogens (tertiary/aromatic N) is 2. The molecule has 0 amide bonds. The maximum atomic E-state index is 13.6. The van der Waals surface area contributed by atoms with E-state index in [-0.39, 0.29) is 18.2 Å². The lowest BCUT2D eigenvalue weighted by Crippen LogP contribution is -2.48. The Hall–Kier alpha value is -0.200. The van der Waals surface area contributed by atoms with Gasteiger partial charge in [-0.1, -0.05) is 6.07 Å². The van der Waals surface area contributed by atoms with Crippen molar-refractivity contribution in [2.75, 3.05) is 45.8 Å². The highest BCUT2D eigenvalue weighted by molar-refractivity contribution is 9.10. The molecule has 0 bridgehead atoms. The van der Waals surface area contributed by atoms with Crippen LogP contribution in [0.1, 0.15) is 18.4 Å². The minimum absolute atomic E-state index is 0. The summed E-state index contributed by atoms with van der Waals surface area (Å²) in [6.45, 7) is 8.92. The average molecular weight is 407 g/mol. The molecule has 0 atom stereocenters. The van der Waals surface area contributed by atoms with E-state index in [9.17, 15) is 4.39 Å². The van der Waals surface area contributed by atoms with Gasteiger partial charge in [-0.05, 0) is 65.5 Å². The zero-order valence-electron chi connectivity index (χ0n) is 13.4. The maximum Gasteiger partial charge on any atom is 0.137 e. The summed E-state index contributed by atoms with van der Waals surface area (Å²) < 4.78 is 14.1. The zero-order chi connectivity index (χ0) is 15.4. The molecule has 0 unspecified atom stereocenters. The van der Waals surface area contributed by atoms with Gasteiger partial charge in [0, 0.05) is 39.3 Å². The molecule has 2 aliphatic rings. The third-order valence-corrected chi connectivity index (χ3v) is 5.47. The molecule has 0 radical (unpaired) electrons. The normalized spacial score (nSPS) is 21.1. The summed E-state index contributed by atoms with van der Waals surface area (Å²) in [5, 5.41) is 3.43. The second-order valence-corrected chi connectivity index (χ2v) is 7.37. The fraction of sp³-hybridized carbons (Fsp3) is 0.647. The van der Waals surface area contributed by atoms with Gasteiger partial charge in [0.15, 0.2) is 0 Å². The molecule has 23 heavy (non-hydrogen) atoms. The molecule has 1 aromatic rings. The van der Waals surface area contributed by atoms with E-state index in [1.54, 1.807) is 12.1 Å². The van der Waals surface area contributed by atoms with E-state index < -0.39 is 0 Å². The quantitative estimate of drug-likeness (QED) is 0.829. The molecule has 0 saturated carbocycles. The number of hydrogen-bond donors (Lipinski definition) is 1. The summed E-state index contributed by atoms with van der Waals surface area (Å²) in [6, 6.07) is 5.46. The average Bonchev–Trinajstić information content (AvgIpc) is 2.54. The van der Waals surface area contributed by atoms with Gasteiger partial charge >= 0.3 is 0 Å². The molecular formula is C17H26BrClFN3. The van der Waals surface area contributed by atoms with Gasteiger partial charge in [-0.25, -0.2) is 4.39 Å². The van der Waals surface area contributed by atoms with Crippen LogP contribution < -0.4 is 5.32 Å². The first-order valence-corrected chi connectivity index (χ1v) is 9.09. The van der Waals surface area contributed by atoms with Crippen LogP contribution in [0.5, 0.6) is 0 Å². The summed E-state index contributed by atoms with van der Waals surface area (Å²) in [6.07, 6.45) is 2.64. The predicted molar refractivity (Wildman–Crippen MR) is 98.7 cm³/mol. The molecule has 2 saturated heterocycles. The lowest BCUT2D eigenvalue weighted by molar-refractivity contribution is 0.107. The first kappa shape index (κ1) is 19.1. The van der Waals surface area contributed by atoms with Crippen molar-refractivity contribution in [1.82, 2.24) is 15.1 Å². The van der Waals surface area contributed by atoms with Crippen LogP contribution in [0.4, 0.5) is 4.39 Å². The Morgan fingerprint density at radius 3 is 2.39 bits per heavy atom. The van der Waals surface area contributed by atoms with Crippen LogP contribution in [0.25, 0.3) is 0 Å². The molecule has 6 heteroatoms. The highest BCUT2D eigenvalue weighted by Gasteiger charge is 2.21. The second kappa shape index (κ2) is 9.33. The molecule has 1 N–H and O–H groups in total. The van der Waals surface area contributed by atoms with Crippen molar-refractivity contribution in [3.8, 4) is 0 Å². The van der Waals surface area contributed by atoms with Crippen LogP contribution in [0.2, 0.25) is 0 Å². The lowest BCUT2D eigenvalue weighted by Gasteiger charge is -2.37. The van der Waals surface area contributed by atoms with Crippen LogP contribution in [-0.2, 0) is 6.54 Å². The van der Waals surface area contributed by atoms with Gasteiger partial charge in [0.2, 0.25) is 0 Å². The minimum Gasteiger partial charge on any atom is -0.317 e. The number of halogens is 3. The van der Waals surface area contributed by atoms with Crippen molar-refractivity contribution in [2.45, 2.75) is 19.4 Å². The van der Waals surface area contributed by atoms with Crippen molar-refractivity contribution in [1.29, 1.82) is 0 Å². The topological polar surface area (TPSA) is 18.5 Å². The van der Waals surface area contributed by atoms with Crippen molar-refractivity contribution < 1.29 is 4.39 Å². The molecule has 3 rings (SSSR count). The molecule has 0 aromatic heterocycles. The summed E-state index contributed by atoms with van der Waals surface area (Å²) in [4.78, 5) is 5.04. The number of piperazine rings is 1. The molecule has 130 valence electrons. The highest BCUT2D eigenvalue weighted by atomic mass is 79.9. The standard InChI is InChI=1S/C17H25BrFN3.ClH/c18-16-2-1-15(11-17(16)19)13-22-9-7-21(8-10-22)12-14-3-5-20-6-4-14;/h1-2,11,14,20H,3-10,12-13H2;1H. The molecular weight excluding hydrogens is 381 g/mol. The Kier molecular flexibility index (Phi) is 7.76. The van der Waals surface area contributed by atoms with E-state index in [0.29, 0.717) is 4.47 Å². The fourth-order valence-electron chi connectivity index (χ4n) is 3.46. The summed E-state index contributed by atoms with van der Waals surface area (Å²) in [5.41, 5.74) is 1.06. The van der Waals surface area contributed by atoms with Crippen LogP contribution in [-0.4, -0.2) is 55.6 Å². The third kappa shape index (κ3) is 5.68. The molecule has 0 spiro atoms. The van der Waals surface area contributed by atoms with E-state index in [1.807, 2.05) is 6.07 Å². The van der Waals surface area contributed by atoms with Crippen LogP contribution in [0.3, 0.4) is 0 Å². The molecule has 2 aliphatic heterocycles. The summed E-state index contributed by atoms with van der Waals surface area (Å²) >= 11 is 3.21. The lowest BCUT2D eigenvalue weighted by atomic mass is 9.97. The number of rotatable bonds is 4. The minimum atomic E-state index is -0.165. The smallest absolute Gasteiger partial charge is 0.137 e. The van der Waals surface area contributed by atoms with Crippen LogP contribution in [0, 0.1) is 11.7 Å². The monoisotopic (exact) mass is 405 g/mol. The molecule has 3 nitrogen and oxygen atoms in total. The summed E-state index contributed by atoms with van der Waals surface area (Å²) in [7, 11) is 0. The largest absolute Gasteiger partial charge is 0.317 e. The van der Waals surface area contributed by atoms with Crippen molar-refractivity contribution in [3.63, 3.8) is 0 Å². The van der Waals surface area contributed by atoms with E-state index in [1.165, 1.54) is 32.5 Å². The van der Waals surface area contributed by atoms with E-state index in [0.717, 1.165) is 44.2 Å². The molecule has 1 aromatic carbocycles. The van der Waals surface area contributed by atoms with Gasteiger partial charge in [-0.3, -0.25) is 4.90 Å². The highest BCUT2D eigenvalue weighted by Crippen LogP contribution is 2.19. The molecule has 2 heterocycles. The summed E-state index contributed by atoms with van der Waals surface area (Å²) in [5.74, 6) is 0.704. The predicted octanol–water partition coefficient (Wildman–Crippen LogP) is 3.13. The van der Waals surface area contributed by atoms with Gasteiger partial charge in [0.05, 0.1) is 4.47 Å². The van der Waals surface area contributed by atoms with Crippen molar-refractivity contribution in [2.24, 2.45) is 5.92 Å². The number of benzene rings is 1. The molecule has 2 fully saturated rings. The number of nitrogens with one attached hydrogen (secondary N) is 1. The third-order valence-electron chi connectivity index (χ3n) is 4.83. The van der Waals surface area contributed by atoms with Gasteiger partial charge in [0.25, 0.3) is 0 Å². The first-order valence-electron chi connectivity index (χ1n) is 8.30. The Morgan fingerprint density at radius 2 is 1.74 bits per heavy atom. The SMILES string of the molecule is Cl.Fc1cc(CN2CCN(CC3CCNCC3)CC2)ccc1Br. The zero-order valence-corrected chi connectivity index (χ0v) is 15.8. The van der Waals surface area contributed by atoms with Crippen molar-refractivity contribution in [3.05, 3.63) is 34.1 Å². The van der Waals surface area contributed by atoms with Gasteiger partial charge in [-0.2, -0.15) is 0 Å². The first-order chi connectivity index (χ1) is 10.7.